The summed E-state index contributed by atoms with van der Waals surface area (Å²) in [5.74, 6) is -0.198. The van der Waals surface area contributed by atoms with Crippen molar-refractivity contribution in [2.75, 3.05) is 0 Å². The van der Waals surface area contributed by atoms with E-state index in [4.69, 9.17) is 0 Å². The third-order valence-corrected chi connectivity index (χ3v) is 5.38. The van der Waals surface area contributed by atoms with Crippen LogP contribution in [0, 0.1) is 11.8 Å². The Morgan fingerprint density at radius 1 is 0.607 bits per heavy atom. The van der Waals surface area contributed by atoms with Crippen molar-refractivity contribution in [3.63, 3.8) is 0 Å². The minimum atomic E-state index is -4.84. The lowest BCUT2D eigenvalue weighted by atomic mass is 9.69. The van der Waals surface area contributed by atoms with Gasteiger partial charge in [-0.25, -0.2) is 0 Å². The van der Waals surface area contributed by atoms with Crippen molar-refractivity contribution < 1.29 is 26.3 Å². The first kappa shape index (κ1) is 18.8. The Morgan fingerprint density at radius 2 is 1.07 bits per heavy atom. The number of alkyl halides is 6. The molecule has 0 N–H and O–H groups in total. The molecule has 6 heteroatoms. The second-order valence-electron chi connectivity index (χ2n) is 7.19. The van der Waals surface area contributed by atoms with Crippen molar-refractivity contribution in [2.45, 2.75) is 25.2 Å². The van der Waals surface area contributed by atoms with Crippen LogP contribution < -0.4 is 0 Å². The smallest absolute Gasteiger partial charge is 0.166 e. The minimum absolute atomic E-state index is 0.000196. The highest BCUT2D eigenvalue weighted by molar-refractivity contribution is 5.82. The fourth-order valence-corrected chi connectivity index (χ4v) is 4.07. The van der Waals surface area contributed by atoms with Crippen LogP contribution in [-0.4, -0.2) is 0 Å². The molecule has 146 valence electrons. The summed E-state index contributed by atoms with van der Waals surface area (Å²) in [5.41, 5.74) is 0.128. The molecule has 2 atom stereocenters. The summed E-state index contributed by atoms with van der Waals surface area (Å²) in [5, 5.41) is 0. The number of fused-ring (bicyclic) bond motifs is 1. The Kier molecular flexibility index (Phi) is 4.40. The molecule has 0 amide bonds. The van der Waals surface area contributed by atoms with Gasteiger partial charge < -0.3 is 0 Å². The van der Waals surface area contributed by atoms with E-state index in [0.717, 1.165) is 29.7 Å². The van der Waals surface area contributed by atoms with Crippen LogP contribution >= 0.6 is 0 Å². The van der Waals surface area contributed by atoms with Crippen molar-refractivity contribution in [1.29, 1.82) is 0 Å². The van der Waals surface area contributed by atoms with Crippen LogP contribution in [0.5, 0.6) is 0 Å². The summed E-state index contributed by atoms with van der Waals surface area (Å²) >= 11 is 0. The quantitative estimate of drug-likeness (QED) is 0.471. The van der Waals surface area contributed by atoms with E-state index in [2.05, 4.69) is 0 Å². The molecule has 28 heavy (non-hydrogen) atoms. The van der Waals surface area contributed by atoms with Crippen molar-refractivity contribution in [3.05, 3.63) is 82.9 Å². The van der Waals surface area contributed by atoms with E-state index < -0.39 is 23.5 Å². The number of halogens is 6. The SMILES string of the molecule is FC(F)(F)c1cc(C2=C[C@@H]3CCC2C=C3c2ccccc2)cc(C(F)(F)F)c1. The van der Waals surface area contributed by atoms with Crippen LogP contribution in [0.1, 0.15) is 35.1 Å². The monoisotopic (exact) mass is 394 g/mol. The van der Waals surface area contributed by atoms with Crippen LogP contribution in [0.25, 0.3) is 11.1 Å². The molecule has 0 aromatic heterocycles. The van der Waals surface area contributed by atoms with Gasteiger partial charge in [-0.3, -0.25) is 0 Å². The highest BCUT2D eigenvalue weighted by Crippen LogP contribution is 2.48. The molecule has 3 aliphatic carbocycles. The summed E-state index contributed by atoms with van der Waals surface area (Å²) in [6.45, 7) is 0. The third-order valence-electron chi connectivity index (χ3n) is 5.38. The van der Waals surface area contributed by atoms with E-state index in [1.807, 2.05) is 42.5 Å². The summed E-state index contributed by atoms with van der Waals surface area (Å²) in [4.78, 5) is 0. The number of allylic oxidation sites excluding steroid dienone is 4. The lowest BCUT2D eigenvalue weighted by Gasteiger charge is -2.36. The summed E-state index contributed by atoms with van der Waals surface area (Å²) in [6, 6.07) is 11.5. The summed E-state index contributed by atoms with van der Waals surface area (Å²) in [6.07, 6.45) is -4.30. The van der Waals surface area contributed by atoms with Crippen LogP contribution in [0.2, 0.25) is 0 Å². The first-order chi connectivity index (χ1) is 13.1. The fourth-order valence-electron chi connectivity index (χ4n) is 4.07. The Bertz CT molecular complexity index is 915. The Balaban J connectivity index is 1.77. The fraction of sp³-hybridized carbons (Fsp3) is 0.273. The lowest BCUT2D eigenvalue weighted by Crippen LogP contribution is -2.21. The number of benzene rings is 2. The number of hydrogen-bond donors (Lipinski definition) is 0. The normalized spacial score (nSPS) is 22.1. The average Bonchev–Trinajstić information content (AvgIpc) is 2.67. The van der Waals surface area contributed by atoms with Gasteiger partial charge in [0, 0.05) is 11.8 Å². The lowest BCUT2D eigenvalue weighted by molar-refractivity contribution is -0.143. The standard InChI is InChI=1S/C22H16F6/c23-21(24,25)17-8-16(9-18(12-17)22(26,27)28)20-11-14-6-7-15(20)10-19(14)13-4-2-1-3-5-13/h1-5,8-12,14-15H,6-7H2/t14-,15?/m0/s1. The molecule has 0 spiro atoms. The van der Waals surface area contributed by atoms with Crippen molar-refractivity contribution in [1.82, 2.24) is 0 Å². The largest absolute Gasteiger partial charge is 0.416 e. The van der Waals surface area contributed by atoms with E-state index in [1.165, 1.54) is 0 Å². The van der Waals surface area contributed by atoms with Gasteiger partial charge in [-0.1, -0.05) is 42.5 Å². The highest BCUT2D eigenvalue weighted by atomic mass is 19.4. The van der Waals surface area contributed by atoms with E-state index in [9.17, 15) is 26.3 Å². The van der Waals surface area contributed by atoms with Crippen LogP contribution in [0.15, 0.2) is 60.7 Å². The van der Waals surface area contributed by atoms with E-state index in [0.29, 0.717) is 12.0 Å². The summed E-state index contributed by atoms with van der Waals surface area (Å²) in [7, 11) is 0. The van der Waals surface area contributed by atoms with E-state index >= 15 is 0 Å². The van der Waals surface area contributed by atoms with Crippen molar-refractivity contribution >= 4 is 11.1 Å². The van der Waals surface area contributed by atoms with Gasteiger partial charge in [-0.15, -0.1) is 0 Å². The predicted molar refractivity (Wildman–Crippen MR) is 95.1 cm³/mol. The van der Waals surface area contributed by atoms with Gasteiger partial charge in [0.05, 0.1) is 11.1 Å². The second-order valence-corrected chi connectivity index (χ2v) is 7.19. The molecule has 5 rings (SSSR count). The molecule has 0 fully saturated rings. The zero-order chi connectivity index (χ0) is 20.1. The van der Waals surface area contributed by atoms with Crippen LogP contribution in [0.4, 0.5) is 26.3 Å². The second kappa shape index (κ2) is 6.54. The molecular formula is C22H16F6. The third kappa shape index (κ3) is 3.48. The molecule has 0 radical (unpaired) electrons. The average molecular weight is 394 g/mol. The maximum absolute atomic E-state index is 13.2. The Hall–Kier alpha value is -2.50. The zero-order valence-electron chi connectivity index (χ0n) is 14.6. The molecule has 0 heterocycles. The van der Waals surface area contributed by atoms with E-state index in [1.54, 1.807) is 0 Å². The van der Waals surface area contributed by atoms with E-state index in [-0.39, 0.29) is 23.5 Å². The Morgan fingerprint density at radius 3 is 1.50 bits per heavy atom. The highest BCUT2D eigenvalue weighted by Gasteiger charge is 2.38. The van der Waals surface area contributed by atoms with Gasteiger partial charge in [-0.05, 0) is 53.3 Å². The molecular weight excluding hydrogens is 378 g/mol. The van der Waals surface area contributed by atoms with Gasteiger partial charge in [0.2, 0.25) is 0 Å². The predicted octanol–water partition coefficient (Wildman–Crippen LogP) is 7.23. The van der Waals surface area contributed by atoms with Crippen LogP contribution in [0.3, 0.4) is 0 Å². The van der Waals surface area contributed by atoms with Gasteiger partial charge in [0.1, 0.15) is 0 Å². The molecule has 2 aromatic rings. The zero-order valence-corrected chi connectivity index (χ0v) is 14.6. The van der Waals surface area contributed by atoms with Gasteiger partial charge in [-0.2, -0.15) is 26.3 Å². The molecule has 0 saturated heterocycles. The molecule has 0 aliphatic heterocycles. The maximum atomic E-state index is 13.2. The first-order valence-electron chi connectivity index (χ1n) is 8.91. The number of hydrogen-bond acceptors (Lipinski definition) is 0. The van der Waals surface area contributed by atoms with Crippen molar-refractivity contribution in [2.24, 2.45) is 11.8 Å². The topological polar surface area (TPSA) is 0 Å². The Labute approximate surface area is 158 Å². The molecule has 1 unspecified atom stereocenters. The van der Waals surface area contributed by atoms with Gasteiger partial charge in [0.15, 0.2) is 0 Å². The number of rotatable bonds is 2. The summed E-state index contributed by atoms with van der Waals surface area (Å²) < 4.78 is 79.1. The molecule has 0 nitrogen and oxygen atoms in total. The maximum Gasteiger partial charge on any atom is 0.416 e. The van der Waals surface area contributed by atoms with Gasteiger partial charge in [0.25, 0.3) is 0 Å². The molecule has 0 saturated carbocycles. The first-order valence-corrected chi connectivity index (χ1v) is 8.91. The van der Waals surface area contributed by atoms with Crippen molar-refractivity contribution in [3.8, 4) is 0 Å². The molecule has 3 aliphatic rings. The minimum Gasteiger partial charge on any atom is -0.166 e. The van der Waals surface area contributed by atoms with Crippen LogP contribution in [-0.2, 0) is 12.4 Å². The van der Waals surface area contributed by atoms with Gasteiger partial charge >= 0.3 is 12.4 Å². The molecule has 2 aromatic carbocycles. The molecule has 2 bridgehead atoms.